The van der Waals surface area contributed by atoms with Crippen molar-refractivity contribution in [2.75, 3.05) is 0 Å². The standard InChI is InChI=1S/C31H36NS/c1-18(2)13-25-23-10-9-19(3)14-24(23)20(4)27-29-28-22(11-12-32(29)8)15-21(17-31(5,6)7)16-26(28)33-30(25)27/h9-12,14-16,18H,13,17H2,1-8H3/q+1. The van der Waals surface area contributed by atoms with Crippen molar-refractivity contribution in [2.45, 2.75) is 71.1 Å². The third-order valence-corrected chi connectivity index (χ3v) is 8.03. The van der Waals surface area contributed by atoms with Crippen LogP contribution in [0.2, 0.25) is 0 Å². The maximum absolute atomic E-state index is 2.47. The number of hydrogen-bond donors (Lipinski definition) is 0. The molecule has 2 heterocycles. The predicted octanol–water partition coefficient (Wildman–Crippen LogP) is 8.35. The highest BCUT2D eigenvalue weighted by Gasteiger charge is 2.32. The van der Waals surface area contributed by atoms with Gasteiger partial charge in [0.25, 0.3) is 0 Å². The lowest BCUT2D eigenvalue weighted by molar-refractivity contribution is -0.659. The van der Waals surface area contributed by atoms with Gasteiger partial charge in [0, 0.05) is 15.9 Å². The molecule has 3 aromatic carbocycles. The summed E-state index contributed by atoms with van der Waals surface area (Å²) in [7, 11) is 2.21. The predicted molar refractivity (Wildman–Crippen MR) is 143 cm³/mol. The van der Waals surface area contributed by atoms with Gasteiger partial charge in [-0.15, -0.1) is 0 Å². The Balaban J connectivity index is 1.89. The molecule has 0 atom stereocenters. The van der Waals surface area contributed by atoms with E-state index < -0.39 is 0 Å². The van der Waals surface area contributed by atoms with E-state index in [2.05, 4.69) is 103 Å². The Morgan fingerprint density at radius 1 is 0.970 bits per heavy atom. The lowest BCUT2D eigenvalue weighted by Crippen LogP contribution is -2.32. The Morgan fingerprint density at radius 3 is 2.42 bits per heavy atom. The van der Waals surface area contributed by atoms with E-state index in [4.69, 9.17) is 0 Å². The van der Waals surface area contributed by atoms with Crippen LogP contribution >= 0.6 is 11.8 Å². The Kier molecular flexibility index (Phi) is 5.36. The Hall–Kier alpha value is -2.32. The highest BCUT2D eigenvalue weighted by molar-refractivity contribution is 7.99. The minimum Gasteiger partial charge on any atom is -0.200 e. The van der Waals surface area contributed by atoms with Crippen molar-refractivity contribution in [1.82, 2.24) is 0 Å². The maximum Gasteiger partial charge on any atom is 0.222 e. The van der Waals surface area contributed by atoms with E-state index in [1.54, 1.807) is 0 Å². The highest BCUT2D eigenvalue weighted by atomic mass is 32.2. The quantitative estimate of drug-likeness (QED) is 0.248. The molecule has 1 aliphatic rings. The summed E-state index contributed by atoms with van der Waals surface area (Å²) in [6.45, 7) is 16.2. The minimum atomic E-state index is 0.271. The van der Waals surface area contributed by atoms with Crippen LogP contribution in [0.5, 0.6) is 0 Å². The van der Waals surface area contributed by atoms with Gasteiger partial charge in [-0.1, -0.05) is 76.2 Å². The zero-order valence-electron chi connectivity index (χ0n) is 21.4. The van der Waals surface area contributed by atoms with E-state index >= 15 is 0 Å². The fourth-order valence-electron chi connectivity index (χ4n) is 5.55. The van der Waals surface area contributed by atoms with Gasteiger partial charge in [-0.2, -0.15) is 0 Å². The first-order chi connectivity index (χ1) is 15.5. The summed E-state index contributed by atoms with van der Waals surface area (Å²) in [5, 5.41) is 5.63. The van der Waals surface area contributed by atoms with E-state index in [1.807, 2.05) is 11.8 Å². The van der Waals surface area contributed by atoms with Crippen LogP contribution in [0.1, 0.15) is 56.9 Å². The lowest BCUT2D eigenvalue weighted by atomic mass is 9.86. The summed E-state index contributed by atoms with van der Waals surface area (Å²) in [4.78, 5) is 2.89. The molecule has 4 aromatic rings. The van der Waals surface area contributed by atoms with Crippen molar-refractivity contribution < 1.29 is 4.57 Å². The van der Waals surface area contributed by atoms with Gasteiger partial charge in [-0.25, -0.2) is 4.57 Å². The molecule has 170 valence electrons. The van der Waals surface area contributed by atoms with Gasteiger partial charge in [-0.3, -0.25) is 0 Å². The molecule has 0 fully saturated rings. The van der Waals surface area contributed by atoms with Crippen LogP contribution in [0.25, 0.3) is 32.8 Å². The SMILES string of the molecule is Cc1ccc2c(CC(C)C)c3c(c(C)c2c1)-c1c2c(cc(CC(C)(C)C)cc2cc[n+]1C)S3. The van der Waals surface area contributed by atoms with E-state index in [0.29, 0.717) is 5.92 Å². The molecule has 0 amide bonds. The van der Waals surface area contributed by atoms with E-state index in [-0.39, 0.29) is 5.41 Å². The van der Waals surface area contributed by atoms with Gasteiger partial charge in [0.15, 0.2) is 6.20 Å². The normalized spacial score (nSPS) is 13.2. The highest BCUT2D eigenvalue weighted by Crippen LogP contribution is 2.52. The van der Waals surface area contributed by atoms with Crippen molar-refractivity contribution >= 4 is 33.3 Å². The summed E-state index contributed by atoms with van der Waals surface area (Å²) in [5.41, 5.74) is 8.81. The molecule has 0 unspecified atom stereocenters. The van der Waals surface area contributed by atoms with Crippen molar-refractivity contribution in [3.8, 4) is 11.3 Å². The Labute approximate surface area is 203 Å². The monoisotopic (exact) mass is 454 g/mol. The smallest absolute Gasteiger partial charge is 0.200 e. The van der Waals surface area contributed by atoms with Gasteiger partial charge in [0.05, 0.1) is 10.9 Å². The Bertz CT molecular complexity index is 1420. The number of nitrogens with zero attached hydrogens (tertiary/aromatic N) is 1. The van der Waals surface area contributed by atoms with Crippen molar-refractivity contribution in [1.29, 1.82) is 0 Å². The van der Waals surface area contributed by atoms with E-state index in [0.717, 1.165) is 12.8 Å². The Morgan fingerprint density at radius 2 is 1.73 bits per heavy atom. The molecule has 2 heteroatoms. The molecule has 0 N–H and O–H groups in total. The number of benzene rings is 3. The first kappa shape index (κ1) is 22.5. The molecule has 0 bridgehead atoms. The molecule has 0 spiro atoms. The van der Waals surface area contributed by atoms with Gasteiger partial charge in [0.1, 0.15) is 7.05 Å². The van der Waals surface area contributed by atoms with Crippen LogP contribution in [0.3, 0.4) is 0 Å². The third kappa shape index (κ3) is 3.87. The lowest BCUT2D eigenvalue weighted by Gasteiger charge is -2.26. The second-order valence-corrected chi connectivity index (χ2v) is 12.7. The van der Waals surface area contributed by atoms with Crippen LogP contribution in [0.15, 0.2) is 52.4 Å². The molecule has 0 saturated carbocycles. The van der Waals surface area contributed by atoms with Crippen molar-refractivity contribution in [3.63, 3.8) is 0 Å². The second-order valence-electron chi connectivity index (χ2n) is 11.6. The second kappa shape index (κ2) is 7.87. The summed E-state index contributed by atoms with van der Waals surface area (Å²) in [6, 6.07) is 14.2. The summed E-state index contributed by atoms with van der Waals surface area (Å²) < 4.78 is 2.35. The number of aromatic nitrogens is 1. The third-order valence-electron chi connectivity index (χ3n) is 6.84. The first-order valence-corrected chi connectivity index (χ1v) is 13.0. The molecule has 5 rings (SSSR count). The van der Waals surface area contributed by atoms with E-state index in [1.165, 1.54) is 64.8 Å². The number of hydrogen-bond acceptors (Lipinski definition) is 1. The molecular formula is C31H36NS+. The van der Waals surface area contributed by atoms with Gasteiger partial charge >= 0.3 is 0 Å². The average Bonchev–Trinajstić information content (AvgIpc) is 2.71. The van der Waals surface area contributed by atoms with Crippen LogP contribution in [0, 0.1) is 25.2 Å². The fraction of sp³-hybridized carbons (Fsp3) is 0.387. The molecule has 1 aromatic heterocycles. The number of rotatable bonds is 3. The van der Waals surface area contributed by atoms with Crippen LogP contribution in [-0.2, 0) is 19.9 Å². The van der Waals surface area contributed by atoms with Gasteiger partial charge in [0.2, 0.25) is 5.69 Å². The van der Waals surface area contributed by atoms with Gasteiger partial charge in [-0.05, 0) is 76.9 Å². The molecule has 1 aliphatic heterocycles. The molecular weight excluding hydrogens is 418 g/mol. The van der Waals surface area contributed by atoms with Crippen LogP contribution < -0.4 is 4.57 Å². The largest absolute Gasteiger partial charge is 0.222 e. The van der Waals surface area contributed by atoms with Crippen molar-refractivity contribution in [3.05, 3.63) is 64.8 Å². The molecule has 0 aliphatic carbocycles. The van der Waals surface area contributed by atoms with Crippen LogP contribution in [0.4, 0.5) is 0 Å². The molecule has 33 heavy (non-hydrogen) atoms. The number of aryl methyl sites for hydroxylation is 3. The number of pyridine rings is 1. The topological polar surface area (TPSA) is 3.88 Å². The maximum atomic E-state index is 2.47. The summed E-state index contributed by atoms with van der Waals surface area (Å²) >= 11 is 2.01. The zero-order valence-corrected chi connectivity index (χ0v) is 22.2. The van der Waals surface area contributed by atoms with E-state index in [9.17, 15) is 0 Å². The molecule has 0 radical (unpaired) electrons. The van der Waals surface area contributed by atoms with Crippen LogP contribution in [-0.4, -0.2) is 0 Å². The molecule has 1 nitrogen and oxygen atoms in total. The van der Waals surface area contributed by atoms with Gasteiger partial charge < -0.3 is 0 Å². The summed E-state index contributed by atoms with van der Waals surface area (Å²) in [5.74, 6) is 0.611. The number of fused-ring (bicyclic) bond motifs is 3. The minimum absolute atomic E-state index is 0.271. The first-order valence-electron chi connectivity index (χ1n) is 12.2. The zero-order chi connectivity index (χ0) is 23.7. The fourth-order valence-corrected chi connectivity index (χ4v) is 6.96. The van der Waals surface area contributed by atoms with Crippen molar-refractivity contribution in [2.24, 2.45) is 18.4 Å². The average molecular weight is 455 g/mol. The molecule has 0 saturated heterocycles. The summed E-state index contributed by atoms with van der Waals surface area (Å²) in [6.07, 6.45) is 4.45.